The molecule has 29 heavy (non-hydrogen) atoms. The van der Waals surface area contributed by atoms with E-state index in [2.05, 4.69) is 55.9 Å². The molecule has 0 fully saturated rings. The van der Waals surface area contributed by atoms with Gasteiger partial charge in [-0.15, -0.1) is 0 Å². The van der Waals surface area contributed by atoms with Gasteiger partial charge in [-0.25, -0.2) is 9.97 Å². The lowest BCUT2D eigenvalue weighted by Crippen LogP contribution is -2.08. The van der Waals surface area contributed by atoms with Crippen molar-refractivity contribution in [3.63, 3.8) is 0 Å². The smallest absolute Gasteiger partial charge is 0.231 e. The van der Waals surface area contributed by atoms with E-state index in [1.54, 1.807) is 12.1 Å². The predicted molar refractivity (Wildman–Crippen MR) is 112 cm³/mol. The Balaban J connectivity index is 1.52. The first-order chi connectivity index (χ1) is 14.2. The molecule has 0 spiro atoms. The van der Waals surface area contributed by atoms with E-state index in [1.807, 2.05) is 19.2 Å². The van der Waals surface area contributed by atoms with E-state index in [-0.39, 0.29) is 5.92 Å². The molecule has 1 aliphatic carbocycles. The Bertz CT molecular complexity index is 1240. The monoisotopic (exact) mass is 381 g/mol. The largest absolute Gasteiger partial charge is 0.373 e. The number of benzene rings is 2. The number of H-pyrrole nitrogens is 1. The van der Waals surface area contributed by atoms with Gasteiger partial charge in [-0.1, -0.05) is 30.3 Å². The summed E-state index contributed by atoms with van der Waals surface area (Å²) in [4.78, 5) is 17.2. The van der Waals surface area contributed by atoms with E-state index in [9.17, 15) is 0 Å². The number of nitrogens with zero attached hydrogens (tertiary/aromatic N) is 4. The lowest BCUT2D eigenvalue weighted by Gasteiger charge is -2.14. The molecule has 2 aromatic carbocycles. The molecule has 1 unspecified atom stereocenters. The number of aromatic nitrogens is 4. The van der Waals surface area contributed by atoms with Crippen LogP contribution in [0.2, 0.25) is 0 Å². The van der Waals surface area contributed by atoms with Crippen LogP contribution in [0.25, 0.3) is 11.0 Å². The Morgan fingerprint density at radius 2 is 1.97 bits per heavy atom. The van der Waals surface area contributed by atoms with Crippen LogP contribution in [-0.4, -0.2) is 27.0 Å². The first kappa shape index (κ1) is 17.2. The van der Waals surface area contributed by atoms with Crippen LogP contribution in [-0.2, 0) is 6.42 Å². The SMILES string of the molecule is CNc1nc(Nc2nc3ccc(C#N)cc3[nH]2)nc2c1CCC2c1ccccc1. The number of nitrogens with one attached hydrogen (secondary N) is 3. The fourth-order valence-corrected chi connectivity index (χ4v) is 3.98. The van der Waals surface area contributed by atoms with E-state index < -0.39 is 0 Å². The minimum Gasteiger partial charge on any atom is -0.373 e. The summed E-state index contributed by atoms with van der Waals surface area (Å²) >= 11 is 0. The maximum absolute atomic E-state index is 9.08. The summed E-state index contributed by atoms with van der Waals surface area (Å²) in [6, 6.07) is 18.0. The molecule has 7 nitrogen and oxygen atoms in total. The van der Waals surface area contributed by atoms with Crippen molar-refractivity contribution < 1.29 is 0 Å². The molecule has 5 rings (SSSR count). The highest BCUT2D eigenvalue weighted by atomic mass is 15.2. The summed E-state index contributed by atoms with van der Waals surface area (Å²) in [5.74, 6) is 2.15. The molecule has 1 atom stereocenters. The zero-order valence-electron chi connectivity index (χ0n) is 15.9. The first-order valence-electron chi connectivity index (χ1n) is 9.55. The molecule has 0 radical (unpaired) electrons. The topological polar surface area (TPSA) is 102 Å². The van der Waals surface area contributed by atoms with E-state index in [1.165, 1.54) is 11.1 Å². The highest BCUT2D eigenvalue weighted by molar-refractivity contribution is 5.79. The van der Waals surface area contributed by atoms with Crippen molar-refractivity contribution >= 4 is 28.7 Å². The van der Waals surface area contributed by atoms with Gasteiger partial charge in [0.1, 0.15) is 5.82 Å². The zero-order valence-corrected chi connectivity index (χ0v) is 15.9. The van der Waals surface area contributed by atoms with Crippen molar-refractivity contribution in [1.29, 1.82) is 5.26 Å². The predicted octanol–water partition coefficient (Wildman–Crippen LogP) is 4.09. The number of nitriles is 1. The molecular formula is C22H19N7. The van der Waals surface area contributed by atoms with Gasteiger partial charge in [0.25, 0.3) is 0 Å². The molecule has 0 bridgehead atoms. The van der Waals surface area contributed by atoms with E-state index >= 15 is 0 Å². The third-order valence-electron chi connectivity index (χ3n) is 5.33. The summed E-state index contributed by atoms with van der Waals surface area (Å²) in [6.07, 6.45) is 1.97. The van der Waals surface area contributed by atoms with Gasteiger partial charge < -0.3 is 10.3 Å². The number of anilines is 3. The number of hydrogen-bond donors (Lipinski definition) is 3. The average molecular weight is 381 g/mol. The number of aromatic amines is 1. The summed E-state index contributed by atoms with van der Waals surface area (Å²) in [5.41, 5.74) is 5.67. The summed E-state index contributed by atoms with van der Waals surface area (Å²) in [5, 5.41) is 15.5. The van der Waals surface area contributed by atoms with Crippen LogP contribution in [0.15, 0.2) is 48.5 Å². The second kappa shape index (κ2) is 6.91. The van der Waals surface area contributed by atoms with Crippen LogP contribution >= 0.6 is 0 Å². The molecule has 3 N–H and O–H groups in total. The average Bonchev–Trinajstić information content (AvgIpc) is 3.36. The third kappa shape index (κ3) is 3.05. The Morgan fingerprint density at radius 1 is 1.10 bits per heavy atom. The van der Waals surface area contributed by atoms with Crippen molar-refractivity contribution in [2.45, 2.75) is 18.8 Å². The van der Waals surface area contributed by atoms with Gasteiger partial charge in [-0.05, 0) is 36.6 Å². The van der Waals surface area contributed by atoms with E-state index in [0.29, 0.717) is 17.5 Å². The fourth-order valence-electron chi connectivity index (χ4n) is 3.98. The van der Waals surface area contributed by atoms with Crippen LogP contribution in [0.5, 0.6) is 0 Å². The standard InChI is InChI=1S/C22H19N7/c1-24-20-16-9-8-15(14-5-3-2-4-6-14)19(16)27-22(28-20)29-21-25-17-10-7-13(12-23)11-18(17)26-21/h2-7,10-11,15H,8-9H2,1H3,(H3,24,25,26,27,28,29). The van der Waals surface area contributed by atoms with Gasteiger partial charge in [0.2, 0.25) is 11.9 Å². The molecule has 142 valence electrons. The maximum Gasteiger partial charge on any atom is 0.231 e. The lowest BCUT2D eigenvalue weighted by atomic mass is 9.97. The number of fused-ring (bicyclic) bond motifs is 2. The fraction of sp³-hybridized carbons (Fsp3) is 0.182. The van der Waals surface area contributed by atoms with Crippen molar-refractivity contribution in [2.75, 3.05) is 17.7 Å². The molecule has 2 heterocycles. The molecular weight excluding hydrogens is 362 g/mol. The molecule has 1 aliphatic rings. The highest BCUT2D eigenvalue weighted by Gasteiger charge is 2.29. The lowest BCUT2D eigenvalue weighted by molar-refractivity contribution is 0.772. The summed E-state index contributed by atoms with van der Waals surface area (Å²) in [7, 11) is 1.88. The van der Waals surface area contributed by atoms with E-state index in [0.717, 1.165) is 35.4 Å². The molecule has 7 heteroatoms. The van der Waals surface area contributed by atoms with Crippen molar-refractivity contribution in [3.8, 4) is 6.07 Å². The van der Waals surface area contributed by atoms with Crippen LogP contribution in [0.1, 0.15) is 34.7 Å². The van der Waals surface area contributed by atoms with Crippen LogP contribution < -0.4 is 10.6 Å². The number of rotatable bonds is 4. The zero-order chi connectivity index (χ0) is 19.8. The van der Waals surface area contributed by atoms with Crippen LogP contribution in [0, 0.1) is 11.3 Å². The molecule has 0 saturated carbocycles. The molecule has 0 amide bonds. The summed E-state index contributed by atoms with van der Waals surface area (Å²) < 4.78 is 0. The van der Waals surface area contributed by atoms with Crippen LogP contribution in [0.3, 0.4) is 0 Å². The van der Waals surface area contributed by atoms with Gasteiger partial charge >= 0.3 is 0 Å². The Hall–Kier alpha value is -3.92. The second-order valence-electron chi connectivity index (χ2n) is 7.07. The highest BCUT2D eigenvalue weighted by Crippen LogP contribution is 2.40. The van der Waals surface area contributed by atoms with Crippen molar-refractivity contribution in [2.24, 2.45) is 0 Å². The minimum atomic E-state index is 0.260. The minimum absolute atomic E-state index is 0.260. The molecule has 4 aromatic rings. The number of imidazole rings is 1. The van der Waals surface area contributed by atoms with Gasteiger partial charge in [0, 0.05) is 18.5 Å². The van der Waals surface area contributed by atoms with Gasteiger partial charge in [-0.2, -0.15) is 10.2 Å². The Labute approximate surface area is 167 Å². The normalized spacial score (nSPS) is 15.1. The van der Waals surface area contributed by atoms with E-state index in [4.69, 9.17) is 10.2 Å². The van der Waals surface area contributed by atoms with Gasteiger partial charge in [0.15, 0.2) is 0 Å². The van der Waals surface area contributed by atoms with Gasteiger partial charge in [-0.3, -0.25) is 5.32 Å². The third-order valence-corrected chi connectivity index (χ3v) is 5.33. The second-order valence-corrected chi connectivity index (χ2v) is 7.07. The van der Waals surface area contributed by atoms with Crippen molar-refractivity contribution in [3.05, 3.63) is 70.9 Å². The molecule has 0 aliphatic heterocycles. The quantitative estimate of drug-likeness (QED) is 0.492. The number of hydrogen-bond acceptors (Lipinski definition) is 6. The van der Waals surface area contributed by atoms with Gasteiger partial charge in [0.05, 0.1) is 28.4 Å². The Morgan fingerprint density at radius 3 is 2.76 bits per heavy atom. The maximum atomic E-state index is 9.08. The van der Waals surface area contributed by atoms with Crippen LogP contribution in [0.4, 0.5) is 17.7 Å². The first-order valence-corrected chi connectivity index (χ1v) is 9.55. The van der Waals surface area contributed by atoms with Crippen molar-refractivity contribution in [1.82, 2.24) is 19.9 Å². The summed E-state index contributed by atoms with van der Waals surface area (Å²) in [6.45, 7) is 0. The Kier molecular flexibility index (Phi) is 4.10. The molecule has 2 aromatic heterocycles. The molecule has 0 saturated heterocycles.